The molecule has 0 amide bonds. The van der Waals surface area contributed by atoms with Crippen molar-refractivity contribution in [1.82, 2.24) is 15.2 Å². The van der Waals surface area contributed by atoms with Gasteiger partial charge in [0.05, 0.1) is 5.69 Å². The van der Waals surface area contributed by atoms with E-state index in [1.165, 1.54) is 37.1 Å². The number of likely N-dealkylation sites (tertiary alicyclic amines) is 1. The second-order valence-corrected chi connectivity index (χ2v) is 5.57. The lowest BCUT2D eigenvalue weighted by Gasteiger charge is -2.32. The summed E-state index contributed by atoms with van der Waals surface area (Å²) in [7, 11) is 2.16. The van der Waals surface area contributed by atoms with Crippen LogP contribution in [-0.2, 0) is 6.54 Å². The van der Waals surface area contributed by atoms with Crippen LogP contribution >= 0.6 is 11.3 Å². The molecule has 100 valence electrons. The fourth-order valence-electron chi connectivity index (χ4n) is 2.26. The number of piperidine rings is 1. The minimum absolute atomic E-state index is 0.168. The van der Waals surface area contributed by atoms with Crippen LogP contribution in [-0.4, -0.2) is 47.1 Å². The minimum atomic E-state index is -0.946. The molecular weight excluding hydrogens is 250 g/mol. The molecule has 1 aromatic rings. The van der Waals surface area contributed by atoms with Crippen molar-refractivity contribution in [3.8, 4) is 0 Å². The van der Waals surface area contributed by atoms with Crippen molar-refractivity contribution in [3.05, 3.63) is 16.1 Å². The standard InChI is InChI=1S/C12H19N3O2S/c1-15-5-3-2-4-10(15)7-13-6-9-8-18-11(14-9)12(16)17/h8,10,13H,2-7H2,1H3,(H,16,17). The van der Waals surface area contributed by atoms with Gasteiger partial charge >= 0.3 is 5.97 Å². The molecule has 1 aliphatic heterocycles. The minimum Gasteiger partial charge on any atom is -0.476 e. The molecule has 6 heteroatoms. The van der Waals surface area contributed by atoms with Crippen LogP contribution in [0.4, 0.5) is 0 Å². The Balaban J connectivity index is 1.75. The molecule has 2 rings (SSSR count). The van der Waals surface area contributed by atoms with Gasteiger partial charge in [0.1, 0.15) is 0 Å². The number of nitrogens with one attached hydrogen (secondary N) is 1. The second-order valence-electron chi connectivity index (χ2n) is 4.71. The molecular formula is C12H19N3O2S. The zero-order valence-electron chi connectivity index (χ0n) is 10.6. The predicted octanol–water partition coefficient (Wildman–Crippen LogP) is 1.42. The molecule has 1 aliphatic rings. The first-order valence-electron chi connectivity index (χ1n) is 6.25. The Morgan fingerprint density at radius 3 is 3.17 bits per heavy atom. The van der Waals surface area contributed by atoms with E-state index in [1.54, 1.807) is 5.38 Å². The first-order valence-corrected chi connectivity index (χ1v) is 7.13. The average Bonchev–Trinajstić information content (AvgIpc) is 2.80. The number of carboxylic acids is 1. The maximum atomic E-state index is 10.7. The third kappa shape index (κ3) is 3.51. The number of hydrogen-bond acceptors (Lipinski definition) is 5. The first-order chi connectivity index (χ1) is 8.66. The summed E-state index contributed by atoms with van der Waals surface area (Å²) < 4.78 is 0. The Labute approximate surface area is 111 Å². The van der Waals surface area contributed by atoms with Crippen molar-refractivity contribution in [2.75, 3.05) is 20.1 Å². The summed E-state index contributed by atoms with van der Waals surface area (Å²) in [6.45, 7) is 2.76. The van der Waals surface area contributed by atoms with E-state index in [9.17, 15) is 4.79 Å². The Morgan fingerprint density at radius 1 is 1.67 bits per heavy atom. The van der Waals surface area contributed by atoms with E-state index in [-0.39, 0.29) is 5.01 Å². The van der Waals surface area contributed by atoms with E-state index in [0.717, 1.165) is 12.2 Å². The van der Waals surface area contributed by atoms with Gasteiger partial charge in [0.15, 0.2) is 0 Å². The number of carbonyl (C=O) groups is 1. The molecule has 5 nitrogen and oxygen atoms in total. The van der Waals surface area contributed by atoms with Crippen LogP contribution in [0.15, 0.2) is 5.38 Å². The van der Waals surface area contributed by atoms with Gasteiger partial charge in [-0.05, 0) is 26.4 Å². The predicted molar refractivity (Wildman–Crippen MR) is 71.0 cm³/mol. The fourth-order valence-corrected chi connectivity index (χ4v) is 2.91. The molecule has 0 aromatic carbocycles. The summed E-state index contributed by atoms with van der Waals surface area (Å²) >= 11 is 1.18. The number of aromatic carboxylic acids is 1. The van der Waals surface area contributed by atoms with Crippen LogP contribution in [0.25, 0.3) is 0 Å². The zero-order valence-corrected chi connectivity index (χ0v) is 11.4. The number of hydrogen-bond donors (Lipinski definition) is 2. The molecule has 1 aromatic heterocycles. The van der Waals surface area contributed by atoms with E-state index in [2.05, 4.69) is 22.2 Å². The van der Waals surface area contributed by atoms with Gasteiger partial charge < -0.3 is 15.3 Å². The van der Waals surface area contributed by atoms with Crippen molar-refractivity contribution in [2.45, 2.75) is 31.8 Å². The van der Waals surface area contributed by atoms with Crippen LogP contribution in [0.3, 0.4) is 0 Å². The van der Waals surface area contributed by atoms with Crippen LogP contribution < -0.4 is 5.32 Å². The lowest BCUT2D eigenvalue weighted by atomic mass is 10.0. The highest BCUT2D eigenvalue weighted by molar-refractivity contribution is 7.11. The Morgan fingerprint density at radius 2 is 2.50 bits per heavy atom. The summed E-state index contributed by atoms with van der Waals surface area (Å²) in [6.07, 6.45) is 3.83. The lowest BCUT2D eigenvalue weighted by Crippen LogP contribution is -2.42. The Kier molecular flexibility index (Phi) is 4.68. The SMILES string of the molecule is CN1CCCCC1CNCc1csc(C(=O)O)n1. The molecule has 1 atom stereocenters. The Hall–Kier alpha value is -0.980. The van der Waals surface area contributed by atoms with Gasteiger partial charge in [-0.3, -0.25) is 0 Å². The highest BCUT2D eigenvalue weighted by Gasteiger charge is 2.18. The quantitative estimate of drug-likeness (QED) is 0.846. The van der Waals surface area contributed by atoms with Crippen molar-refractivity contribution >= 4 is 17.3 Å². The van der Waals surface area contributed by atoms with Crippen molar-refractivity contribution in [2.24, 2.45) is 0 Å². The molecule has 2 N–H and O–H groups in total. The number of thiazole rings is 1. The molecule has 1 saturated heterocycles. The van der Waals surface area contributed by atoms with Gasteiger partial charge in [0, 0.05) is 24.5 Å². The molecule has 1 unspecified atom stereocenters. The number of carboxylic acid groups (broad SMARTS) is 1. The van der Waals surface area contributed by atoms with Gasteiger partial charge in [0.2, 0.25) is 5.01 Å². The van der Waals surface area contributed by atoms with E-state index in [4.69, 9.17) is 5.11 Å². The molecule has 1 fully saturated rings. The highest BCUT2D eigenvalue weighted by atomic mass is 32.1. The largest absolute Gasteiger partial charge is 0.476 e. The smallest absolute Gasteiger partial charge is 0.365 e. The van der Waals surface area contributed by atoms with E-state index >= 15 is 0 Å². The highest BCUT2D eigenvalue weighted by Crippen LogP contribution is 2.14. The average molecular weight is 269 g/mol. The topological polar surface area (TPSA) is 65.5 Å². The third-order valence-corrected chi connectivity index (χ3v) is 4.22. The van der Waals surface area contributed by atoms with Crippen LogP contribution in [0.5, 0.6) is 0 Å². The molecule has 18 heavy (non-hydrogen) atoms. The number of aromatic nitrogens is 1. The van der Waals surface area contributed by atoms with Crippen molar-refractivity contribution in [1.29, 1.82) is 0 Å². The summed E-state index contributed by atoms with van der Waals surface area (Å²) in [5.41, 5.74) is 0.816. The first kappa shape index (κ1) is 13.5. The van der Waals surface area contributed by atoms with Crippen molar-refractivity contribution < 1.29 is 9.90 Å². The summed E-state index contributed by atoms with van der Waals surface area (Å²) in [6, 6.07) is 0.594. The molecule has 0 aliphatic carbocycles. The number of nitrogens with zero attached hydrogens (tertiary/aromatic N) is 2. The molecule has 0 bridgehead atoms. The van der Waals surface area contributed by atoms with E-state index in [1.807, 2.05) is 0 Å². The summed E-state index contributed by atoms with van der Waals surface area (Å²) in [5.74, 6) is -0.946. The number of rotatable bonds is 5. The van der Waals surface area contributed by atoms with Gasteiger partial charge in [-0.1, -0.05) is 6.42 Å². The molecule has 0 radical (unpaired) electrons. The maximum Gasteiger partial charge on any atom is 0.365 e. The fraction of sp³-hybridized carbons (Fsp3) is 0.667. The third-order valence-electron chi connectivity index (χ3n) is 3.34. The summed E-state index contributed by atoms with van der Waals surface area (Å²) in [5, 5.41) is 14.1. The van der Waals surface area contributed by atoms with Gasteiger partial charge in [-0.15, -0.1) is 11.3 Å². The van der Waals surface area contributed by atoms with Crippen LogP contribution in [0, 0.1) is 0 Å². The Bertz CT molecular complexity index is 408. The number of likely N-dealkylation sites (N-methyl/N-ethyl adjacent to an activating group) is 1. The van der Waals surface area contributed by atoms with Crippen LogP contribution in [0.2, 0.25) is 0 Å². The van der Waals surface area contributed by atoms with Crippen LogP contribution in [0.1, 0.15) is 34.8 Å². The summed E-state index contributed by atoms with van der Waals surface area (Å²) in [4.78, 5) is 17.1. The van der Waals surface area contributed by atoms with E-state index in [0.29, 0.717) is 12.6 Å². The van der Waals surface area contributed by atoms with Crippen molar-refractivity contribution in [3.63, 3.8) is 0 Å². The second kappa shape index (κ2) is 6.26. The molecule has 0 saturated carbocycles. The van der Waals surface area contributed by atoms with Gasteiger partial charge in [-0.25, -0.2) is 9.78 Å². The molecule has 0 spiro atoms. The lowest BCUT2D eigenvalue weighted by molar-refractivity contribution is 0.0696. The van der Waals surface area contributed by atoms with E-state index < -0.39 is 5.97 Å². The molecule has 2 heterocycles. The van der Waals surface area contributed by atoms with Gasteiger partial charge in [-0.2, -0.15) is 0 Å². The normalized spacial score (nSPS) is 21.1. The van der Waals surface area contributed by atoms with Gasteiger partial charge in [0.25, 0.3) is 0 Å². The zero-order chi connectivity index (χ0) is 13.0. The monoisotopic (exact) mass is 269 g/mol. The maximum absolute atomic E-state index is 10.7.